The Kier molecular flexibility index (Phi) is 7.89. The smallest absolute Gasteiger partial charge is 0.259 e. The Bertz CT molecular complexity index is 993. The molecule has 0 radical (unpaired) electrons. The highest BCUT2D eigenvalue weighted by Gasteiger charge is 2.03. The Hall–Kier alpha value is -2.58. The first kappa shape index (κ1) is 21.1. The number of amides is 1. The topological polar surface area (TPSA) is 62.7 Å². The van der Waals surface area contributed by atoms with Crippen LogP contribution in [-0.4, -0.2) is 18.7 Å². The average Bonchev–Trinajstić information content (AvgIpc) is 2.73. The Morgan fingerprint density at radius 2 is 1.86 bits per heavy atom. The summed E-state index contributed by atoms with van der Waals surface area (Å²) in [5.74, 6) is 0.430. The van der Waals surface area contributed by atoms with Gasteiger partial charge in [-0.3, -0.25) is 4.79 Å². The fourth-order valence-corrected chi connectivity index (χ4v) is 3.04. The van der Waals surface area contributed by atoms with E-state index in [0.717, 1.165) is 20.4 Å². The van der Waals surface area contributed by atoms with Crippen LogP contribution in [0.25, 0.3) is 0 Å². The largest absolute Gasteiger partial charge is 0.488 e. The number of halogens is 2. The zero-order chi connectivity index (χ0) is 20.5. The predicted octanol–water partition coefficient (Wildman–Crippen LogP) is 5.09. The van der Waals surface area contributed by atoms with E-state index >= 15 is 0 Å². The number of anilines is 1. The summed E-state index contributed by atoms with van der Waals surface area (Å²) in [6.07, 6.45) is 1.57. The van der Waals surface area contributed by atoms with Crippen molar-refractivity contribution in [1.29, 1.82) is 0 Å². The molecule has 0 atom stereocenters. The van der Waals surface area contributed by atoms with E-state index < -0.39 is 0 Å². The van der Waals surface area contributed by atoms with E-state index in [1.165, 1.54) is 0 Å². The summed E-state index contributed by atoms with van der Waals surface area (Å²) in [7, 11) is 0. The third kappa shape index (κ3) is 7.07. The Morgan fingerprint density at radius 3 is 2.66 bits per heavy atom. The zero-order valence-corrected chi connectivity index (χ0v) is 18.4. The first-order valence-corrected chi connectivity index (χ1v) is 10.3. The van der Waals surface area contributed by atoms with Crippen molar-refractivity contribution in [3.8, 4) is 5.75 Å². The quantitative estimate of drug-likeness (QED) is 0.248. The van der Waals surface area contributed by atoms with Crippen molar-refractivity contribution in [2.75, 3.05) is 11.9 Å². The molecule has 148 valence electrons. The molecule has 29 heavy (non-hydrogen) atoms. The van der Waals surface area contributed by atoms with Gasteiger partial charge in [0.05, 0.1) is 12.8 Å². The molecule has 0 saturated heterocycles. The van der Waals surface area contributed by atoms with Gasteiger partial charge in [0.2, 0.25) is 0 Å². The highest BCUT2D eigenvalue weighted by atomic mass is 127. The van der Waals surface area contributed by atoms with Crippen molar-refractivity contribution >= 4 is 52.0 Å². The lowest BCUT2D eigenvalue weighted by Crippen LogP contribution is -2.25. The lowest BCUT2D eigenvalue weighted by atomic mass is 10.2. The van der Waals surface area contributed by atoms with Crippen molar-refractivity contribution < 1.29 is 9.53 Å². The van der Waals surface area contributed by atoms with Gasteiger partial charge < -0.3 is 10.1 Å². The molecule has 0 aliphatic rings. The second-order valence-electron chi connectivity index (χ2n) is 6.11. The molecule has 3 aromatic carbocycles. The predicted molar refractivity (Wildman–Crippen MR) is 126 cm³/mol. The van der Waals surface area contributed by atoms with Crippen LogP contribution in [0, 0.1) is 3.57 Å². The molecule has 1 amide bonds. The van der Waals surface area contributed by atoms with E-state index in [4.69, 9.17) is 16.3 Å². The van der Waals surface area contributed by atoms with Crippen LogP contribution in [0.3, 0.4) is 0 Å². The lowest BCUT2D eigenvalue weighted by Gasteiger charge is -2.09. The minimum absolute atomic E-state index is 0.130. The van der Waals surface area contributed by atoms with Gasteiger partial charge in [-0.1, -0.05) is 35.9 Å². The molecule has 0 aromatic heterocycles. The van der Waals surface area contributed by atoms with Gasteiger partial charge in [0, 0.05) is 19.8 Å². The summed E-state index contributed by atoms with van der Waals surface area (Å²) in [6.45, 7) is 0.516. The third-order valence-electron chi connectivity index (χ3n) is 3.89. The SMILES string of the molecule is O=C(CNc1ccc(I)cc1)N/N=C\c1ccccc1OCc1cccc(Cl)c1. The summed E-state index contributed by atoms with van der Waals surface area (Å²) in [4.78, 5) is 12.0. The first-order valence-electron chi connectivity index (χ1n) is 8.88. The van der Waals surface area contributed by atoms with Crippen LogP contribution in [0.4, 0.5) is 5.69 Å². The number of hydrogen-bond donors (Lipinski definition) is 2. The molecule has 0 aliphatic heterocycles. The minimum Gasteiger partial charge on any atom is -0.488 e. The Labute approximate surface area is 188 Å². The molecule has 0 spiro atoms. The van der Waals surface area contributed by atoms with E-state index in [0.29, 0.717) is 17.4 Å². The number of carbonyl (C=O) groups excluding carboxylic acids is 1. The molecule has 0 fully saturated rings. The fraction of sp³-hybridized carbons (Fsp3) is 0.0909. The molecule has 5 nitrogen and oxygen atoms in total. The molecular weight excluding hydrogens is 501 g/mol. The van der Waals surface area contributed by atoms with Crippen LogP contribution in [0.15, 0.2) is 77.9 Å². The van der Waals surface area contributed by atoms with Gasteiger partial charge in [-0.05, 0) is 76.7 Å². The standard InChI is InChI=1S/C22H19ClIN3O2/c23-18-6-3-4-16(12-18)15-29-21-7-2-1-5-17(21)13-26-27-22(28)14-25-20-10-8-19(24)9-11-20/h1-13,25H,14-15H2,(H,27,28)/b26-13-. The van der Waals surface area contributed by atoms with Gasteiger partial charge in [-0.2, -0.15) is 5.10 Å². The van der Waals surface area contributed by atoms with Gasteiger partial charge in [0.25, 0.3) is 5.91 Å². The average molecular weight is 520 g/mol. The third-order valence-corrected chi connectivity index (χ3v) is 4.85. The number of benzene rings is 3. The zero-order valence-electron chi connectivity index (χ0n) is 15.4. The first-order chi connectivity index (χ1) is 14.1. The summed E-state index contributed by atoms with van der Waals surface area (Å²) in [6, 6.07) is 22.8. The molecule has 3 aromatic rings. The van der Waals surface area contributed by atoms with Crippen molar-refractivity contribution in [3.63, 3.8) is 0 Å². The summed E-state index contributed by atoms with van der Waals surface area (Å²) in [5.41, 5.74) is 5.13. The number of para-hydroxylation sites is 1. The van der Waals surface area contributed by atoms with E-state index in [2.05, 4.69) is 38.4 Å². The molecule has 0 unspecified atom stereocenters. The molecule has 3 rings (SSSR count). The van der Waals surface area contributed by atoms with Gasteiger partial charge >= 0.3 is 0 Å². The summed E-state index contributed by atoms with van der Waals surface area (Å²) < 4.78 is 7.01. The minimum atomic E-state index is -0.239. The maximum atomic E-state index is 12.0. The molecule has 0 saturated carbocycles. The molecule has 2 N–H and O–H groups in total. The second-order valence-corrected chi connectivity index (χ2v) is 7.79. The van der Waals surface area contributed by atoms with Crippen molar-refractivity contribution in [3.05, 3.63) is 92.5 Å². The van der Waals surface area contributed by atoms with E-state index in [1.54, 1.807) is 6.21 Å². The van der Waals surface area contributed by atoms with E-state index in [9.17, 15) is 4.79 Å². The summed E-state index contributed by atoms with van der Waals surface area (Å²) >= 11 is 8.24. The number of ether oxygens (including phenoxy) is 1. The van der Waals surface area contributed by atoms with Crippen molar-refractivity contribution in [2.45, 2.75) is 6.61 Å². The molecule has 7 heteroatoms. The normalized spacial score (nSPS) is 10.7. The fourth-order valence-electron chi connectivity index (χ4n) is 2.47. The number of hydrazone groups is 1. The van der Waals surface area contributed by atoms with E-state index in [-0.39, 0.29) is 12.5 Å². The highest BCUT2D eigenvalue weighted by Crippen LogP contribution is 2.19. The van der Waals surface area contributed by atoms with Crippen LogP contribution < -0.4 is 15.5 Å². The van der Waals surface area contributed by atoms with E-state index in [1.807, 2.05) is 72.8 Å². The maximum Gasteiger partial charge on any atom is 0.259 e. The molecule has 0 heterocycles. The number of rotatable bonds is 8. The van der Waals surface area contributed by atoms with Crippen molar-refractivity contribution in [1.82, 2.24) is 5.43 Å². The number of nitrogens with one attached hydrogen (secondary N) is 2. The Morgan fingerprint density at radius 1 is 1.07 bits per heavy atom. The monoisotopic (exact) mass is 519 g/mol. The van der Waals surface area contributed by atoms with Crippen LogP contribution in [0.1, 0.15) is 11.1 Å². The Balaban J connectivity index is 1.52. The second kappa shape index (κ2) is 10.8. The molecular formula is C22H19ClIN3O2. The number of carbonyl (C=O) groups is 1. The highest BCUT2D eigenvalue weighted by molar-refractivity contribution is 14.1. The molecule has 0 aliphatic carbocycles. The van der Waals surface area contributed by atoms with Gasteiger partial charge in [-0.15, -0.1) is 0 Å². The van der Waals surface area contributed by atoms with Crippen LogP contribution in [-0.2, 0) is 11.4 Å². The molecule has 0 bridgehead atoms. The van der Waals surface area contributed by atoms with Crippen LogP contribution in [0.2, 0.25) is 5.02 Å². The number of hydrogen-bond acceptors (Lipinski definition) is 4. The summed E-state index contributed by atoms with van der Waals surface area (Å²) in [5, 5.41) is 7.75. The van der Waals surface area contributed by atoms with Gasteiger partial charge in [0.15, 0.2) is 0 Å². The van der Waals surface area contributed by atoms with Crippen LogP contribution >= 0.6 is 34.2 Å². The maximum absolute atomic E-state index is 12.0. The van der Waals surface area contributed by atoms with Crippen LogP contribution in [0.5, 0.6) is 5.75 Å². The van der Waals surface area contributed by atoms with Gasteiger partial charge in [0.1, 0.15) is 12.4 Å². The lowest BCUT2D eigenvalue weighted by molar-refractivity contribution is -0.119. The van der Waals surface area contributed by atoms with Gasteiger partial charge in [-0.25, -0.2) is 5.43 Å². The number of nitrogens with zero attached hydrogens (tertiary/aromatic N) is 1. The van der Waals surface area contributed by atoms with Crippen molar-refractivity contribution in [2.24, 2.45) is 5.10 Å².